The Bertz CT molecular complexity index is 617. The minimum Gasteiger partial charge on any atom is -0.367 e. The number of piperazine rings is 1. The maximum atomic E-state index is 4.55. The summed E-state index contributed by atoms with van der Waals surface area (Å²) in [6.45, 7) is 7.83. The lowest BCUT2D eigenvalue weighted by Gasteiger charge is -2.36. The summed E-state index contributed by atoms with van der Waals surface area (Å²) in [7, 11) is 0. The van der Waals surface area contributed by atoms with Crippen LogP contribution in [0.5, 0.6) is 0 Å². The number of hydrogen-bond donors (Lipinski definition) is 0. The van der Waals surface area contributed by atoms with Crippen LogP contribution in [0.1, 0.15) is 11.5 Å². The van der Waals surface area contributed by atoms with Gasteiger partial charge in [0.2, 0.25) is 0 Å². The summed E-state index contributed by atoms with van der Waals surface area (Å²) >= 11 is 3.48. The van der Waals surface area contributed by atoms with Crippen molar-refractivity contribution < 1.29 is 0 Å². The zero-order valence-corrected chi connectivity index (χ0v) is 13.8. The van der Waals surface area contributed by atoms with Crippen molar-refractivity contribution in [2.75, 3.05) is 36.0 Å². The lowest BCUT2D eigenvalue weighted by atomic mass is 10.2. The van der Waals surface area contributed by atoms with Gasteiger partial charge in [-0.1, -0.05) is 0 Å². The standard InChI is InChI=1S/C15H18BrN5/c1-11-7-15(19-12(2)18-11)21-5-3-20(4-6-21)14-8-13(16)9-17-10-14/h7-10H,3-6H2,1-2H3. The van der Waals surface area contributed by atoms with Crippen LogP contribution in [-0.2, 0) is 0 Å². The average Bonchev–Trinajstić information content (AvgIpc) is 2.46. The fraction of sp³-hybridized carbons (Fsp3) is 0.400. The maximum absolute atomic E-state index is 4.55. The number of nitrogens with zero attached hydrogens (tertiary/aromatic N) is 5. The zero-order chi connectivity index (χ0) is 14.8. The van der Waals surface area contributed by atoms with Crippen LogP contribution in [0.3, 0.4) is 0 Å². The Kier molecular flexibility index (Phi) is 4.05. The minimum atomic E-state index is 0.837. The van der Waals surface area contributed by atoms with Crippen LogP contribution in [0.4, 0.5) is 11.5 Å². The Morgan fingerprint density at radius 1 is 0.952 bits per heavy atom. The first-order valence-corrected chi connectivity index (χ1v) is 7.84. The highest BCUT2D eigenvalue weighted by Crippen LogP contribution is 2.21. The van der Waals surface area contributed by atoms with E-state index in [0.717, 1.165) is 48.0 Å². The number of halogens is 1. The summed E-state index contributed by atoms with van der Waals surface area (Å²) in [6, 6.07) is 4.17. The van der Waals surface area contributed by atoms with Crippen molar-refractivity contribution in [2.45, 2.75) is 13.8 Å². The Morgan fingerprint density at radius 3 is 2.33 bits per heavy atom. The Balaban J connectivity index is 1.70. The smallest absolute Gasteiger partial charge is 0.132 e. The molecule has 6 heteroatoms. The van der Waals surface area contributed by atoms with Crippen LogP contribution in [-0.4, -0.2) is 41.1 Å². The molecule has 110 valence electrons. The molecule has 5 nitrogen and oxygen atoms in total. The number of anilines is 2. The number of aromatic nitrogens is 3. The molecule has 0 radical (unpaired) electrons. The van der Waals surface area contributed by atoms with E-state index in [1.54, 1.807) is 0 Å². The van der Waals surface area contributed by atoms with Gasteiger partial charge in [0.25, 0.3) is 0 Å². The molecule has 0 atom stereocenters. The number of pyridine rings is 1. The molecule has 0 bridgehead atoms. The van der Waals surface area contributed by atoms with Crippen molar-refractivity contribution in [3.05, 3.63) is 40.5 Å². The number of aryl methyl sites for hydroxylation is 2. The Labute approximate surface area is 133 Å². The van der Waals surface area contributed by atoms with Crippen molar-refractivity contribution in [3.63, 3.8) is 0 Å². The molecular formula is C15H18BrN5. The van der Waals surface area contributed by atoms with E-state index in [4.69, 9.17) is 0 Å². The highest BCUT2D eigenvalue weighted by atomic mass is 79.9. The molecule has 2 aromatic heterocycles. The molecule has 0 amide bonds. The molecule has 0 aliphatic carbocycles. The van der Waals surface area contributed by atoms with E-state index in [1.807, 2.05) is 26.2 Å². The van der Waals surface area contributed by atoms with Crippen LogP contribution in [0.2, 0.25) is 0 Å². The molecule has 21 heavy (non-hydrogen) atoms. The van der Waals surface area contributed by atoms with Crippen LogP contribution in [0, 0.1) is 13.8 Å². The third-order valence-electron chi connectivity index (χ3n) is 3.61. The number of rotatable bonds is 2. The second-order valence-corrected chi connectivity index (χ2v) is 6.17. The normalized spacial score (nSPS) is 15.4. The van der Waals surface area contributed by atoms with E-state index < -0.39 is 0 Å². The summed E-state index contributed by atoms with van der Waals surface area (Å²) in [5.41, 5.74) is 2.19. The van der Waals surface area contributed by atoms with Gasteiger partial charge in [-0.05, 0) is 35.8 Å². The Hall–Kier alpha value is -1.69. The summed E-state index contributed by atoms with van der Waals surface area (Å²) in [5.74, 6) is 1.87. The SMILES string of the molecule is Cc1cc(N2CCN(c3cncc(Br)c3)CC2)nc(C)n1. The van der Waals surface area contributed by atoms with Crippen LogP contribution >= 0.6 is 15.9 Å². The van der Waals surface area contributed by atoms with Gasteiger partial charge in [-0.15, -0.1) is 0 Å². The van der Waals surface area contributed by atoms with E-state index in [2.05, 4.69) is 52.8 Å². The molecule has 0 unspecified atom stereocenters. The van der Waals surface area contributed by atoms with Crippen LogP contribution in [0.15, 0.2) is 29.0 Å². The van der Waals surface area contributed by atoms with Crippen molar-refractivity contribution in [1.29, 1.82) is 0 Å². The first kappa shape index (κ1) is 14.3. The van der Waals surface area contributed by atoms with Crippen molar-refractivity contribution in [1.82, 2.24) is 15.0 Å². The van der Waals surface area contributed by atoms with Crippen molar-refractivity contribution in [2.24, 2.45) is 0 Å². The van der Waals surface area contributed by atoms with Gasteiger partial charge in [0.05, 0.1) is 11.9 Å². The molecule has 0 aromatic carbocycles. The molecular weight excluding hydrogens is 330 g/mol. The third-order valence-corrected chi connectivity index (χ3v) is 4.05. The second kappa shape index (κ2) is 5.97. The molecule has 0 spiro atoms. The fourth-order valence-electron chi connectivity index (χ4n) is 2.63. The lowest BCUT2D eigenvalue weighted by Crippen LogP contribution is -2.47. The first-order chi connectivity index (χ1) is 10.1. The van der Waals surface area contributed by atoms with E-state index in [0.29, 0.717) is 0 Å². The van der Waals surface area contributed by atoms with Gasteiger partial charge in [-0.3, -0.25) is 4.98 Å². The monoisotopic (exact) mass is 347 g/mol. The van der Waals surface area contributed by atoms with Gasteiger partial charge >= 0.3 is 0 Å². The predicted octanol–water partition coefficient (Wildman–Crippen LogP) is 2.58. The zero-order valence-electron chi connectivity index (χ0n) is 12.3. The van der Waals surface area contributed by atoms with E-state index in [9.17, 15) is 0 Å². The van der Waals surface area contributed by atoms with Crippen LogP contribution in [0.25, 0.3) is 0 Å². The van der Waals surface area contributed by atoms with Crippen molar-refractivity contribution in [3.8, 4) is 0 Å². The topological polar surface area (TPSA) is 45.2 Å². The molecule has 3 rings (SSSR count). The van der Waals surface area contributed by atoms with Crippen LogP contribution < -0.4 is 9.80 Å². The minimum absolute atomic E-state index is 0.837. The van der Waals surface area contributed by atoms with Gasteiger partial charge in [0.1, 0.15) is 11.6 Å². The summed E-state index contributed by atoms with van der Waals surface area (Å²) in [4.78, 5) is 17.8. The molecule has 1 saturated heterocycles. The average molecular weight is 348 g/mol. The van der Waals surface area contributed by atoms with E-state index in [1.165, 1.54) is 5.69 Å². The Morgan fingerprint density at radius 2 is 1.67 bits per heavy atom. The molecule has 1 aliphatic heterocycles. The van der Waals surface area contributed by atoms with Gasteiger partial charge in [-0.25, -0.2) is 9.97 Å². The molecule has 1 aliphatic rings. The quantitative estimate of drug-likeness (QED) is 0.835. The lowest BCUT2D eigenvalue weighted by molar-refractivity contribution is 0.644. The van der Waals surface area contributed by atoms with Crippen molar-refractivity contribution >= 4 is 27.4 Å². The van der Waals surface area contributed by atoms with Gasteiger partial charge in [0.15, 0.2) is 0 Å². The summed E-state index contributed by atoms with van der Waals surface area (Å²) in [5, 5.41) is 0. The molecule has 0 saturated carbocycles. The first-order valence-electron chi connectivity index (χ1n) is 7.04. The number of hydrogen-bond acceptors (Lipinski definition) is 5. The van der Waals surface area contributed by atoms with Gasteiger partial charge < -0.3 is 9.80 Å². The largest absolute Gasteiger partial charge is 0.367 e. The molecule has 3 heterocycles. The third kappa shape index (κ3) is 3.32. The summed E-state index contributed by atoms with van der Waals surface area (Å²) < 4.78 is 1.02. The highest BCUT2D eigenvalue weighted by molar-refractivity contribution is 9.10. The predicted molar refractivity (Wildman–Crippen MR) is 87.9 cm³/mol. The molecule has 2 aromatic rings. The molecule has 1 fully saturated rings. The fourth-order valence-corrected chi connectivity index (χ4v) is 2.98. The maximum Gasteiger partial charge on any atom is 0.132 e. The summed E-state index contributed by atoms with van der Waals surface area (Å²) in [6.07, 6.45) is 3.73. The van der Waals surface area contributed by atoms with Gasteiger partial charge in [0, 0.05) is 48.6 Å². The van der Waals surface area contributed by atoms with E-state index >= 15 is 0 Å². The molecule has 0 N–H and O–H groups in total. The van der Waals surface area contributed by atoms with E-state index in [-0.39, 0.29) is 0 Å². The highest BCUT2D eigenvalue weighted by Gasteiger charge is 2.19. The second-order valence-electron chi connectivity index (χ2n) is 5.25. The van der Waals surface area contributed by atoms with Gasteiger partial charge in [-0.2, -0.15) is 0 Å².